The first-order valence-electron chi connectivity index (χ1n) is 9.51. The minimum absolute atomic E-state index is 0.0699. The molecule has 0 aliphatic rings. The van der Waals surface area contributed by atoms with Crippen LogP contribution in [-0.4, -0.2) is 11.8 Å². The van der Waals surface area contributed by atoms with Crippen molar-refractivity contribution in [2.24, 2.45) is 0 Å². The highest BCUT2D eigenvalue weighted by Gasteiger charge is 2.27. The van der Waals surface area contributed by atoms with E-state index in [0.29, 0.717) is 0 Å². The van der Waals surface area contributed by atoms with Crippen LogP contribution in [0.2, 0.25) is 0 Å². The average molecular weight is 504 g/mol. The molecule has 186 valence electrons. The van der Waals surface area contributed by atoms with E-state index in [1.54, 1.807) is 10.6 Å². The van der Waals surface area contributed by atoms with Crippen LogP contribution in [-0.2, 0) is 9.59 Å². The van der Waals surface area contributed by atoms with Gasteiger partial charge in [0.05, 0.1) is 0 Å². The Hall–Kier alpha value is -3.32. The summed E-state index contributed by atoms with van der Waals surface area (Å²) in [6.07, 6.45) is -0.145. The number of amides is 2. The third-order valence-corrected chi connectivity index (χ3v) is 4.51. The number of carbonyl (C=O) groups is 2. The molecular formula is C20H14F10N2O2. The molecule has 4 nitrogen and oxygen atoms in total. The second-order valence-electron chi connectivity index (χ2n) is 6.90. The molecule has 0 spiro atoms. The molecule has 0 saturated carbocycles. The molecule has 14 heteroatoms. The SMILES string of the molecule is O=C(CCCCCCC(=O)Nc1c(F)c(F)c(F)c(F)c1F)Nc1c(F)c(F)c(F)c(F)c1F. The summed E-state index contributed by atoms with van der Waals surface area (Å²) in [6, 6.07) is 0. The fourth-order valence-corrected chi connectivity index (χ4v) is 2.76. The summed E-state index contributed by atoms with van der Waals surface area (Å²) in [7, 11) is 0. The highest BCUT2D eigenvalue weighted by Crippen LogP contribution is 2.28. The second kappa shape index (κ2) is 11.2. The van der Waals surface area contributed by atoms with E-state index in [1.807, 2.05) is 0 Å². The van der Waals surface area contributed by atoms with Crippen LogP contribution in [0, 0.1) is 58.2 Å². The van der Waals surface area contributed by atoms with Gasteiger partial charge >= 0.3 is 0 Å². The highest BCUT2D eigenvalue weighted by molar-refractivity contribution is 5.91. The summed E-state index contributed by atoms with van der Waals surface area (Å²) >= 11 is 0. The summed E-state index contributed by atoms with van der Waals surface area (Å²) in [4.78, 5) is 23.4. The number of carbonyl (C=O) groups excluding carboxylic acids is 2. The molecule has 2 aromatic rings. The lowest BCUT2D eigenvalue weighted by Gasteiger charge is -2.10. The van der Waals surface area contributed by atoms with Gasteiger partial charge in [-0.15, -0.1) is 0 Å². The summed E-state index contributed by atoms with van der Waals surface area (Å²) in [5.74, 6) is -24.6. The zero-order valence-electron chi connectivity index (χ0n) is 16.8. The van der Waals surface area contributed by atoms with Crippen LogP contribution in [0.1, 0.15) is 38.5 Å². The van der Waals surface area contributed by atoms with Crippen LogP contribution in [0.15, 0.2) is 0 Å². The van der Waals surface area contributed by atoms with E-state index < -0.39 is 81.4 Å². The molecular weight excluding hydrogens is 490 g/mol. The fraction of sp³-hybridized carbons (Fsp3) is 0.300. The van der Waals surface area contributed by atoms with E-state index in [0.717, 1.165) is 0 Å². The van der Waals surface area contributed by atoms with Gasteiger partial charge in [-0.3, -0.25) is 9.59 Å². The highest BCUT2D eigenvalue weighted by atomic mass is 19.2. The molecule has 0 radical (unpaired) electrons. The Labute approximate surface area is 184 Å². The minimum Gasteiger partial charge on any atom is -0.321 e. The van der Waals surface area contributed by atoms with Crippen LogP contribution >= 0.6 is 0 Å². The normalized spacial score (nSPS) is 11.0. The number of rotatable bonds is 9. The molecule has 2 aromatic carbocycles. The summed E-state index contributed by atoms with van der Waals surface area (Å²) in [5, 5.41) is 3.18. The average Bonchev–Trinajstić information content (AvgIpc) is 2.81. The van der Waals surface area contributed by atoms with Crippen molar-refractivity contribution in [3.63, 3.8) is 0 Å². The van der Waals surface area contributed by atoms with Gasteiger partial charge in [-0.2, -0.15) is 0 Å². The number of benzene rings is 2. The molecule has 2 rings (SSSR count). The lowest BCUT2D eigenvalue weighted by Crippen LogP contribution is -2.17. The van der Waals surface area contributed by atoms with Gasteiger partial charge in [0.1, 0.15) is 11.4 Å². The van der Waals surface area contributed by atoms with Gasteiger partial charge in [-0.1, -0.05) is 12.8 Å². The van der Waals surface area contributed by atoms with Crippen LogP contribution in [0.25, 0.3) is 0 Å². The Bertz CT molecular complexity index is 978. The van der Waals surface area contributed by atoms with Crippen molar-refractivity contribution < 1.29 is 53.5 Å². The topological polar surface area (TPSA) is 58.2 Å². The molecule has 34 heavy (non-hydrogen) atoms. The molecule has 0 unspecified atom stereocenters. The molecule has 0 aliphatic heterocycles. The first-order valence-corrected chi connectivity index (χ1v) is 9.51. The predicted octanol–water partition coefficient (Wildman–Crippen LogP) is 6.00. The summed E-state index contributed by atoms with van der Waals surface area (Å²) < 4.78 is 132. The van der Waals surface area contributed by atoms with Crippen LogP contribution in [0.4, 0.5) is 55.3 Å². The number of halogens is 10. The smallest absolute Gasteiger partial charge is 0.224 e. The summed E-state index contributed by atoms with van der Waals surface area (Å²) in [5.41, 5.74) is -2.99. The van der Waals surface area contributed by atoms with Gasteiger partial charge in [-0.05, 0) is 12.8 Å². The van der Waals surface area contributed by atoms with Crippen molar-refractivity contribution in [1.29, 1.82) is 0 Å². The number of hydrogen-bond acceptors (Lipinski definition) is 2. The Morgan fingerprint density at radius 1 is 0.412 bits per heavy atom. The third kappa shape index (κ3) is 5.78. The van der Waals surface area contributed by atoms with Gasteiger partial charge in [0, 0.05) is 12.8 Å². The Morgan fingerprint density at radius 2 is 0.647 bits per heavy atom. The van der Waals surface area contributed by atoms with E-state index in [-0.39, 0.29) is 38.5 Å². The quantitative estimate of drug-likeness (QED) is 0.191. The number of nitrogens with one attached hydrogen (secondary N) is 2. The molecule has 0 aliphatic carbocycles. The molecule has 0 aromatic heterocycles. The van der Waals surface area contributed by atoms with Crippen LogP contribution < -0.4 is 10.6 Å². The largest absolute Gasteiger partial charge is 0.321 e. The maximum absolute atomic E-state index is 13.5. The number of hydrogen-bond donors (Lipinski definition) is 2. The molecule has 0 fully saturated rings. The van der Waals surface area contributed by atoms with E-state index in [1.165, 1.54) is 0 Å². The monoisotopic (exact) mass is 504 g/mol. The first-order chi connectivity index (χ1) is 15.9. The number of unbranched alkanes of at least 4 members (excludes halogenated alkanes) is 3. The van der Waals surface area contributed by atoms with Crippen molar-refractivity contribution in [2.75, 3.05) is 10.6 Å². The summed E-state index contributed by atoms with van der Waals surface area (Å²) in [6.45, 7) is 0. The molecule has 2 amide bonds. The van der Waals surface area contributed by atoms with Crippen LogP contribution in [0.5, 0.6) is 0 Å². The minimum atomic E-state index is -2.38. The van der Waals surface area contributed by atoms with E-state index in [2.05, 4.69) is 0 Å². The zero-order chi connectivity index (χ0) is 25.7. The first kappa shape index (κ1) is 26.9. The standard InChI is InChI=1S/C20H14F10N2O2/c21-9-11(23)15(27)19(16(28)12(9)24)31-7(33)5-3-1-2-4-6-8(34)32-20-17(29)13(25)10(22)14(26)18(20)30/h1-6H2,(H,31,33)(H,32,34). The third-order valence-electron chi connectivity index (χ3n) is 4.51. The molecule has 0 atom stereocenters. The van der Waals surface area contributed by atoms with E-state index in [9.17, 15) is 53.5 Å². The van der Waals surface area contributed by atoms with Crippen LogP contribution in [0.3, 0.4) is 0 Å². The van der Waals surface area contributed by atoms with Crippen molar-refractivity contribution in [1.82, 2.24) is 0 Å². The molecule has 0 bridgehead atoms. The van der Waals surface area contributed by atoms with Gasteiger partial charge in [-0.25, -0.2) is 43.9 Å². The van der Waals surface area contributed by atoms with E-state index >= 15 is 0 Å². The Balaban J connectivity index is 1.78. The molecule has 2 N–H and O–H groups in total. The fourth-order valence-electron chi connectivity index (χ4n) is 2.76. The van der Waals surface area contributed by atoms with E-state index in [4.69, 9.17) is 0 Å². The maximum atomic E-state index is 13.5. The molecule has 0 heterocycles. The van der Waals surface area contributed by atoms with Crippen molar-refractivity contribution in [3.05, 3.63) is 58.2 Å². The van der Waals surface area contributed by atoms with Crippen molar-refractivity contribution in [2.45, 2.75) is 38.5 Å². The van der Waals surface area contributed by atoms with Crippen molar-refractivity contribution >= 4 is 23.2 Å². The Kier molecular flexibility index (Phi) is 8.87. The van der Waals surface area contributed by atoms with Gasteiger partial charge < -0.3 is 10.6 Å². The predicted molar refractivity (Wildman–Crippen MR) is 97.4 cm³/mol. The lowest BCUT2D eigenvalue weighted by atomic mass is 10.1. The lowest BCUT2D eigenvalue weighted by molar-refractivity contribution is -0.117. The Morgan fingerprint density at radius 3 is 0.912 bits per heavy atom. The maximum Gasteiger partial charge on any atom is 0.224 e. The molecule has 0 saturated heterocycles. The van der Waals surface area contributed by atoms with Gasteiger partial charge in [0.25, 0.3) is 0 Å². The zero-order valence-corrected chi connectivity index (χ0v) is 16.8. The van der Waals surface area contributed by atoms with Gasteiger partial charge in [0.15, 0.2) is 46.5 Å². The second-order valence-corrected chi connectivity index (χ2v) is 6.90. The van der Waals surface area contributed by atoms with Gasteiger partial charge in [0.2, 0.25) is 23.4 Å². The van der Waals surface area contributed by atoms with Crippen molar-refractivity contribution in [3.8, 4) is 0 Å². The number of anilines is 2.